The maximum Gasteiger partial charge on any atom is 0.205 e. The van der Waals surface area contributed by atoms with Crippen molar-refractivity contribution in [2.45, 2.75) is 11.9 Å². The van der Waals surface area contributed by atoms with Crippen molar-refractivity contribution in [1.82, 2.24) is 9.97 Å². The molecule has 0 aliphatic heterocycles. The first-order valence-corrected chi connectivity index (χ1v) is 4.85. The van der Waals surface area contributed by atoms with E-state index in [9.17, 15) is 4.21 Å². The molecule has 4 nitrogen and oxygen atoms in total. The van der Waals surface area contributed by atoms with Crippen molar-refractivity contribution in [2.75, 3.05) is 0 Å². The SMILES string of the molecule is Cc1cc2nc(S(=O)O)ccc2[nH]1. The predicted octanol–water partition coefficient (Wildman–Crippen LogP) is 1.45. The second kappa shape index (κ2) is 2.93. The second-order valence-electron chi connectivity index (χ2n) is 2.78. The van der Waals surface area contributed by atoms with Crippen molar-refractivity contribution in [3.63, 3.8) is 0 Å². The zero-order valence-corrected chi connectivity index (χ0v) is 7.76. The third-order valence-corrected chi connectivity index (χ3v) is 2.35. The van der Waals surface area contributed by atoms with Crippen LogP contribution < -0.4 is 0 Å². The number of fused-ring (bicyclic) bond motifs is 1. The minimum Gasteiger partial charge on any atom is -0.357 e. The number of hydrogen-bond donors (Lipinski definition) is 2. The monoisotopic (exact) mass is 196 g/mol. The van der Waals surface area contributed by atoms with Crippen molar-refractivity contribution >= 4 is 22.1 Å². The van der Waals surface area contributed by atoms with Crippen molar-refractivity contribution in [2.24, 2.45) is 0 Å². The molecule has 2 aromatic heterocycles. The molecule has 0 saturated carbocycles. The van der Waals surface area contributed by atoms with E-state index in [1.54, 1.807) is 6.07 Å². The lowest BCUT2D eigenvalue weighted by Gasteiger charge is -1.92. The van der Waals surface area contributed by atoms with E-state index in [1.165, 1.54) is 6.07 Å². The molecule has 2 N–H and O–H groups in total. The van der Waals surface area contributed by atoms with Gasteiger partial charge in [-0.05, 0) is 25.1 Å². The van der Waals surface area contributed by atoms with Gasteiger partial charge >= 0.3 is 0 Å². The molecule has 0 bridgehead atoms. The van der Waals surface area contributed by atoms with E-state index >= 15 is 0 Å². The molecular weight excluding hydrogens is 188 g/mol. The van der Waals surface area contributed by atoms with Crippen LogP contribution in [0.2, 0.25) is 0 Å². The normalized spacial score (nSPS) is 13.4. The summed E-state index contributed by atoms with van der Waals surface area (Å²) in [7, 11) is 0. The topological polar surface area (TPSA) is 66.0 Å². The summed E-state index contributed by atoms with van der Waals surface area (Å²) in [4.78, 5) is 7.10. The van der Waals surface area contributed by atoms with Crippen molar-refractivity contribution < 1.29 is 8.76 Å². The molecule has 0 saturated heterocycles. The maximum atomic E-state index is 10.7. The van der Waals surface area contributed by atoms with E-state index < -0.39 is 11.1 Å². The Morgan fingerprint density at radius 3 is 3.00 bits per heavy atom. The number of aromatic amines is 1. The summed E-state index contributed by atoms with van der Waals surface area (Å²) in [6.45, 7) is 1.91. The van der Waals surface area contributed by atoms with Crippen LogP contribution in [0.5, 0.6) is 0 Å². The Morgan fingerprint density at radius 1 is 1.54 bits per heavy atom. The van der Waals surface area contributed by atoms with Gasteiger partial charge in [0.25, 0.3) is 0 Å². The van der Waals surface area contributed by atoms with Crippen LogP contribution >= 0.6 is 0 Å². The number of aromatic nitrogens is 2. The average Bonchev–Trinajstić information content (AvgIpc) is 2.42. The minimum absolute atomic E-state index is 0.187. The fourth-order valence-corrected chi connectivity index (χ4v) is 1.58. The van der Waals surface area contributed by atoms with Crippen LogP contribution in [-0.2, 0) is 11.1 Å². The molecule has 13 heavy (non-hydrogen) atoms. The predicted molar refractivity (Wildman–Crippen MR) is 49.9 cm³/mol. The largest absolute Gasteiger partial charge is 0.357 e. The van der Waals surface area contributed by atoms with Crippen molar-refractivity contribution in [3.8, 4) is 0 Å². The highest BCUT2D eigenvalue weighted by Crippen LogP contribution is 2.14. The van der Waals surface area contributed by atoms with Crippen LogP contribution in [-0.4, -0.2) is 18.7 Å². The van der Waals surface area contributed by atoms with Gasteiger partial charge in [0.15, 0.2) is 5.03 Å². The highest BCUT2D eigenvalue weighted by Gasteiger charge is 2.04. The van der Waals surface area contributed by atoms with E-state index in [4.69, 9.17) is 4.55 Å². The fraction of sp³-hybridized carbons (Fsp3) is 0.125. The zero-order chi connectivity index (χ0) is 9.42. The second-order valence-corrected chi connectivity index (χ2v) is 3.70. The van der Waals surface area contributed by atoms with E-state index in [0.717, 1.165) is 16.7 Å². The van der Waals surface area contributed by atoms with Gasteiger partial charge in [-0.1, -0.05) is 0 Å². The van der Waals surface area contributed by atoms with Gasteiger partial charge in [0, 0.05) is 5.69 Å². The Bertz CT molecular complexity index is 478. The minimum atomic E-state index is -2.00. The highest BCUT2D eigenvalue weighted by atomic mass is 32.2. The molecule has 0 aliphatic carbocycles. The van der Waals surface area contributed by atoms with Crippen LogP contribution in [0, 0.1) is 6.92 Å². The lowest BCUT2D eigenvalue weighted by Crippen LogP contribution is -1.91. The zero-order valence-electron chi connectivity index (χ0n) is 6.94. The summed E-state index contributed by atoms with van der Waals surface area (Å²) in [5, 5.41) is 0.187. The van der Waals surface area contributed by atoms with Gasteiger partial charge in [-0.3, -0.25) is 0 Å². The molecule has 0 aromatic carbocycles. The average molecular weight is 196 g/mol. The summed E-state index contributed by atoms with van der Waals surface area (Å²) < 4.78 is 19.5. The van der Waals surface area contributed by atoms with Gasteiger partial charge in [-0.15, -0.1) is 0 Å². The Balaban J connectivity index is 2.67. The molecule has 1 atom stereocenters. The summed E-state index contributed by atoms with van der Waals surface area (Å²) >= 11 is -2.00. The van der Waals surface area contributed by atoms with Gasteiger partial charge in [-0.25, -0.2) is 9.19 Å². The number of pyridine rings is 1. The smallest absolute Gasteiger partial charge is 0.205 e. The molecule has 0 fully saturated rings. The molecule has 0 spiro atoms. The molecule has 2 heterocycles. The fourth-order valence-electron chi connectivity index (χ4n) is 1.22. The summed E-state index contributed by atoms with van der Waals surface area (Å²) in [5.74, 6) is 0. The lowest BCUT2D eigenvalue weighted by atomic mass is 10.4. The number of H-pyrrole nitrogens is 1. The number of nitrogens with zero attached hydrogens (tertiary/aromatic N) is 1. The molecule has 0 amide bonds. The van der Waals surface area contributed by atoms with E-state index in [0.29, 0.717) is 0 Å². The Kier molecular flexibility index (Phi) is 1.90. The lowest BCUT2D eigenvalue weighted by molar-refractivity contribution is 0.561. The first-order chi connectivity index (χ1) is 6.16. The standard InChI is InChI=1S/C8H8N2O2S/c1-5-4-7-6(9-5)2-3-8(10-7)13(11)12/h2-4,9H,1H3,(H,11,12). The Labute approximate surface area is 77.3 Å². The van der Waals surface area contributed by atoms with Gasteiger partial charge in [0.05, 0.1) is 11.0 Å². The molecule has 2 aromatic rings. The first-order valence-electron chi connectivity index (χ1n) is 3.74. The number of aryl methyl sites for hydroxylation is 1. The molecule has 2 rings (SSSR count). The van der Waals surface area contributed by atoms with Gasteiger partial charge in [0.2, 0.25) is 11.1 Å². The third-order valence-electron chi connectivity index (χ3n) is 1.76. The summed E-state index contributed by atoms with van der Waals surface area (Å²) in [6.07, 6.45) is 0. The maximum absolute atomic E-state index is 10.7. The summed E-state index contributed by atoms with van der Waals surface area (Å²) in [5.41, 5.74) is 2.59. The number of rotatable bonds is 1. The van der Waals surface area contributed by atoms with Crippen molar-refractivity contribution in [3.05, 3.63) is 23.9 Å². The van der Waals surface area contributed by atoms with Gasteiger partial charge in [-0.2, -0.15) is 0 Å². The van der Waals surface area contributed by atoms with E-state index in [2.05, 4.69) is 9.97 Å². The quantitative estimate of drug-likeness (QED) is 0.678. The molecule has 0 aliphatic rings. The number of nitrogens with one attached hydrogen (secondary N) is 1. The number of hydrogen-bond acceptors (Lipinski definition) is 2. The Morgan fingerprint density at radius 2 is 2.31 bits per heavy atom. The van der Waals surface area contributed by atoms with Gasteiger partial charge in [0.1, 0.15) is 0 Å². The Hall–Kier alpha value is -1.20. The molecular formula is C8H8N2O2S. The van der Waals surface area contributed by atoms with E-state index in [-0.39, 0.29) is 5.03 Å². The molecule has 1 unspecified atom stereocenters. The van der Waals surface area contributed by atoms with Gasteiger partial charge < -0.3 is 9.54 Å². The molecule has 68 valence electrons. The molecule has 5 heteroatoms. The van der Waals surface area contributed by atoms with Crippen molar-refractivity contribution in [1.29, 1.82) is 0 Å². The van der Waals surface area contributed by atoms with E-state index in [1.807, 2.05) is 13.0 Å². The van der Waals surface area contributed by atoms with Crippen LogP contribution in [0.25, 0.3) is 11.0 Å². The highest BCUT2D eigenvalue weighted by molar-refractivity contribution is 7.79. The van der Waals surface area contributed by atoms with Crippen LogP contribution in [0.1, 0.15) is 5.69 Å². The van der Waals surface area contributed by atoms with Crippen LogP contribution in [0.15, 0.2) is 23.2 Å². The third kappa shape index (κ3) is 1.48. The first kappa shape index (κ1) is 8.40. The van der Waals surface area contributed by atoms with Crippen LogP contribution in [0.4, 0.5) is 0 Å². The van der Waals surface area contributed by atoms with Crippen LogP contribution in [0.3, 0.4) is 0 Å². The summed E-state index contributed by atoms with van der Waals surface area (Å²) in [6, 6.07) is 5.12. The molecule has 0 radical (unpaired) electrons.